The zero-order chi connectivity index (χ0) is 17.3. The van der Waals surface area contributed by atoms with Crippen LogP contribution in [0.4, 0.5) is 0 Å². The van der Waals surface area contributed by atoms with E-state index in [2.05, 4.69) is 10.3 Å². The first-order chi connectivity index (χ1) is 12.2. The van der Waals surface area contributed by atoms with Gasteiger partial charge in [-0.1, -0.05) is 31.4 Å². The van der Waals surface area contributed by atoms with Crippen LogP contribution in [0.3, 0.4) is 0 Å². The maximum absolute atomic E-state index is 12.3. The number of hydrogen-bond donors (Lipinski definition) is 2. The van der Waals surface area contributed by atoms with Gasteiger partial charge in [0.15, 0.2) is 0 Å². The Morgan fingerprint density at radius 1 is 1.28 bits per heavy atom. The number of nitrogens with zero attached hydrogens (tertiary/aromatic N) is 1. The highest BCUT2D eigenvalue weighted by molar-refractivity contribution is 5.77. The van der Waals surface area contributed by atoms with Gasteiger partial charge in [0.05, 0.1) is 29.3 Å². The van der Waals surface area contributed by atoms with E-state index in [1.54, 1.807) is 4.57 Å². The third kappa shape index (κ3) is 3.35. The first kappa shape index (κ1) is 16.4. The molecular weight excluding hydrogens is 318 g/mol. The van der Waals surface area contributed by atoms with Gasteiger partial charge in [-0.15, -0.1) is 0 Å². The SMILES string of the molecule is O=C(CCn1c(=O)[nH]c2ccccc21)NC1COC2(CCCCC2)C1. The summed E-state index contributed by atoms with van der Waals surface area (Å²) >= 11 is 0. The summed E-state index contributed by atoms with van der Waals surface area (Å²) in [5.41, 5.74) is 1.48. The number of imidazole rings is 1. The molecule has 1 amide bonds. The molecule has 1 saturated carbocycles. The number of nitrogens with one attached hydrogen (secondary N) is 2. The van der Waals surface area contributed by atoms with Crippen LogP contribution in [0.25, 0.3) is 11.0 Å². The molecule has 134 valence electrons. The van der Waals surface area contributed by atoms with E-state index < -0.39 is 0 Å². The molecule has 1 unspecified atom stereocenters. The molecule has 2 heterocycles. The predicted molar refractivity (Wildman–Crippen MR) is 95.5 cm³/mol. The molecule has 2 fully saturated rings. The summed E-state index contributed by atoms with van der Waals surface area (Å²) in [6.07, 6.45) is 7.20. The van der Waals surface area contributed by atoms with Crippen LogP contribution in [0, 0.1) is 0 Å². The van der Waals surface area contributed by atoms with Crippen molar-refractivity contribution in [3.05, 3.63) is 34.7 Å². The lowest BCUT2D eigenvalue weighted by Crippen LogP contribution is -2.38. The van der Waals surface area contributed by atoms with Crippen LogP contribution in [-0.4, -0.2) is 33.7 Å². The zero-order valence-electron chi connectivity index (χ0n) is 14.4. The molecule has 1 spiro atoms. The molecular formula is C19H25N3O3. The van der Waals surface area contributed by atoms with Gasteiger partial charge in [-0.2, -0.15) is 0 Å². The number of H-pyrrole nitrogens is 1. The van der Waals surface area contributed by atoms with Gasteiger partial charge < -0.3 is 15.0 Å². The molecule has 25 heavy (non-hydrogen) atoms. The van der Waals surface area contributed by atoms with Crippen molar-refractivity contribution in [1.29, 1.82) is 0 Å². The molecule has 1 aliphatic heterocycles. The van der Waals surface area contributed by atoms with Crippen LogP contribution in [0.1, 0.15) is 44.9 Å². The van der Waals surface area contributed by atoms with E-state index in [9.17, 15) is 9.59 Å². The molecule has 1 saturated heterocycles. The number of hydrogen-bond acceptors (Lipinski definition) is 3. The second-order valence-electron chi connectivity index (χ2n) is 7.37. The molecule has 4 rings (SSSR count). The van der Waals surface area contributed by atoms with E-state index in [0.717, 1.165) is 30.3 Å². The van der Waals surface area contributed by atoms with Crippen LogP contribution in [0.15, 0.2) is 29.1 Å². The molecule has 1 aromatic heterocycles. The standard InChI is InChI=1S/C19H25N3O3/c23-17(20-14-12-19(25-13-14)9-4-1-5-10-19)8-11-22-16-7-3-2-6-15(16)21-18(22)24/h2-3,6-7,14H,1,4-5,8-13H2,(H,20,23)(H,21,24). The van der Waals surface area contributed by atoms with Crippen molar-refractivity contribution < 1.29 is 9.53 Å². The smallest absolute Gasteiger partial charge is 0.326 e. The van der Waals surface area contributed by atoms with Gasteiger partial charge in [0.1, 0.15) is 0 Å². The molecule has 2 aliphatic rings. The third-order valence-electron chi connectivity index (χ3n) is 5.58. The molecule has 0 bridgehead atoms. The normalized spacial score (nSPS) is 22.5. The van der Waals surface area contributed by atoms with Crippen molar-refractivity contribution in [2.24, 2.45) is 0 Å². The van der Waals surface area contributed by atoms with Gasteiger partial charge in [0.25, 0.3) is 0 Å². The van der Waals surface area contributed by atoms with Crippen LogP contribution in [0.5, 0.6) is 0 Å². The number of ether oxygens (including phenoxy) is 1. The Balaban J connectivity index is 1.34. The lowest BCUT2D eigenvalue weighted by atomic mass is 9.82. The molecule has 6 heteroatoms. The Kier molecular flexibility index (Phi) is 4.37. The molecule has 1 atom stereocenters. The Bertz CT molecular complexity index is 817. The van der Waals surface area contributed by atoms with Crippen LogP contribution >= 0.6 is 0 Å². The topological polar surface area (TPSA) is 76.1 Å². The number of aryl methyl sites for hydroxylation is 1. The van der Waals surface area contributed by atoms with Crippen molar-refractivity contribution in [2.45, 2.75) is 63.1 Å². The van der Waals surface area contributed by atoms with Crippen LogP contribution in [-0.2, 0) is 16.1 Å². The van der Waals surface area contributed by atoms with Gasteiger partial charge in [-0.05, 0) is 31.4 Å². The minimum absolute atomic E-state index is 0.00394. The highest BCUT2D eigenvalue weighted by Crippen LogP contribution is 2.39. The summed E-state index contributed by atoms with van der Waals surface area (Å²) in [6.45, 7) is 0.992. The quantitative estimate of drug-likeness (QED) is 0.894. The summed E-state index contributed by atoms with van der Waals surface area (Å²) in [7, 11) is 0. The second kappa shape index (κ2) is 6.67. The van der Waals surface area contributed by atoms with E-state index in [1.807, 2.05) is 24.3 Å². The summed E-state index contributed by atoms with van der Waals surface area (Å²) < 4.78 is 7.67. The van der Waals surface area contributed by atoms with E-state index in [4.69, 9.17) is 4.74 Å². The second-order valence-corrected chi connectivity index (χ2v) is 7.37. The lowest BCUT2D eigenvalue weighted by molar-refractivity contribution is -0.122. The third-order valence-corrected chi connectivity index (χ3v) is 5.58. The highest BCUT2D eigenvalue weighted by Gasteiger charge is 2.41. The molecule has 6 nitrogen and oxygen atoms in total. The van der Waals surface area contributed by atoms with E-state index >= 15 is 0 Å². The largest absolute Gasteiger partial charge is 0.373 e. The molecule has 1 aromatic carbocycles. The fourth-order valence-corrected chi connectivity index (χ4v) is 4.32. The van der Waals surface area contributed by atoms with Gasteiger partial charge in [0, 0.05) is 13.0 Å². The van der Waals surface area contributed by atoms with E-state index in [0.29, 0.717) is 19.6 Å². The lowest BCUT2D eigenvalue weighted by Gasteiger charge is -2.32. The van der Waals surface area contributed by atoms with Gasteiger partial charge in [-0.3, -0.25) is 9.36 Å². The van der Waals surface area contributed by atoms with Crippen LogP contribution in [0.2, 0.25) is 0 Å². The van der Waals surface area contributed by atoms with Gasteiger partial charge in [-0.25, -0.2) is 4.79 Å². The number of fused-ring (bicyclic) bond motifs is 1. The van der Waals surface area contributed by atoms with Crippen molar-refractivity contribution >= 4 is 16.9 Å². The Labute approximate surface area is 146 Å². The maximum atomic E-state index is 12.3. The molecule has 2 aromatic rings. The van der Waals surface area contributed by atoms with Gasteiger partial charge >= 0.3 is 5.69 Å². The molecule has 1 aliphatic carbocycles. The Hall–Kier alpha value is -2.08. The number of carbonyl (C=O) groups is 1. The number of aromatic amines is 1. The highest BCUT2D eigenvalue weighted by atomic mass is 16.5. The number of carbonyl (C=O) groups excluding carboxylic acids is 1. The number of para-hydroxylation sites is 2. The first-order valence-electron chi connectivity index (χ1n) is 9.26. The number of rotatable bonds is 4. The summed E-state index contributed by atoms with van der Waals surface area (Å²) in [5, 5.41) is 3.09. The first-order valence-corrected chi connectivity index (χ1v) is 9.26. The Morgan fingerprint density at radius 2 is 2.08 bits per heavy atom. The van der Waals surface area contributed by atoms with Gasteiger partial charge in [0.2, 0.25) is 5.91 Å². The monoisotopic (exact) mass is 343 g/mol. The maximum Gasteiger partial charge on any atom is 0.326 e. The number of benzene rings is 1. The minimum atomic E-state index is -0.167. The van der Waals surface area contributed by atoms with E-state index in [1.165, 1.54) is 19.3 Å². The average Bonchev–Trinajstić information content (AvgIpc) is 3.14. The zero-order valence-corrected chi connectivity index (χ0v) is 14.4. The summed E-state index contributed by atoms with van der Waals surface area (Å²) in [4.78, 5) is 27.2. The summed E-state index contributed by atoms with van der Waals surface area (Å²) in [5.74, 6) is -0.0151. The van der Waals surface area contributed by atoms with Crippen LogP contribution < -0.4 is 11.0 Å². The molecule has 2 N–H and O–H groups in total. The van der Waals surface area contributed by atoms with Crippen molar-refractivity contribution in [3.8, 4) is 0 Å². The molecule has 0 radical (unpaired) electrons. The Morgan fingerprint density at radius 3 is 2.92 bits per heavy atom. The number of amides is 1. The fourth-order valence-electron chi connectivity index (χ4n) is 4.32. The van der Waals surface area contributed by atoms with E-state index in [-0.39, 0.29) is 23.2 Å². The fraction of sp³-hybridized carbons (Fsp3) is 0.579. The predicted octanol–water partition coefficient (Wildman–Crippen LogP) is 2.33. The minimum Gasteiger partial charge on any atom is -0.373 e. The van der Waals surface area contributed by atoms with Crippen molar-refractivity contribution in [1.82, 2.24) is 14.9 Å². The number of aromatic nitrogens is 2. The van der Waals surface area contributed by atoms with Crippen molar-refractivity contribution in [3.63, 3.8) is 0 Å². The summed E-state index contributed by atoms with van der Waals surface area (Å²) in [6, 6.07) is 7.64. The van der Waals surface area contributed by atoms with Crippen molar-refractivity contribution in [2.75, 3.05) is 6.61 Å². The average molecular weight is 343 g/mol.